The van der Waals surface area contributed by atoms with Gasteiger partial charge in [0.05, 0.1) is 46.6 Å². The number of carbonyl (C=O) groups is 3. The number of hydrogen-bond donors (Lipinski definition) is 2. The van der Waals surface area contributed by atoms with Crippen molar-refractivity contribution in [1.29, 1.82) is 0 Å². The van der Waals surface area contributed by atoms with Gasteiger partial charge in [0, 0.05) is 36.3 Å². The number of thioether (sulfide) groups is 1. The molecule has 0 spiro atoms. The van der Waals surface area contributed by atoms with Crippen LogP contribution in [0.4, 0.5) is 17.1 Å². The summed E-state index contributed by atoms with van der Waals surface area (Å²) in [5.41, 5.74) is 3.68. The molecule has 3 aliphatic rings. The summed E-state index contributed by atoms with van der Waals surface area (Å²) in [6.07, 6.45) is 6.22. The Morgan fingerprint density at radius 1 is 1.23 bits per heavy atom. The van der Waals surface area contributed by atoms with Crippen molar-refractivity contribution in [3.05, 3.63) is 63.6 Å². The van der Waals surface area contributed by atoms with Crippen molar-refractivity contribution in [3.63, 3.8) is 0 Å². The van der Waals surface area contributed by atoms with Crippen molar-refractivity contribution in [2.75, 3.05) is 43.1 Å². The van der Waals surface area contributed by atoms with E-state index in [0.717, 1.165) is 41.4 Å². The number of carbonyl (C=O) groups excluding carboxylic acids is 3. The molecule has 10 nitrogen and oxygen atoms in total. The highest BCUT2D eigenvalue weighted by atomic mass is 35.5. The summed E-state index contributed by atoms with van der Waals surface area (Å²) < 4.78 is 10.9. The fourth-order valence-electron chi connectivity index (χ4n) is 5.10. The van der Waals surface area contributed by atoms with E-state index in [1.165, 1.54) is 11.8 Å². The van der Waals surface area contributed by atoms with Crippen LogP contribution in [0.2, 0.25) is 5.02 Å². The van der Waals surface area contributed by atoms with E-state index in [1.807, 2.05) is 18.2 Å². The van der Waals surface area contributed by atoms with Crippen LogP contribution in [0.1, 0.15) is 42.1 Å². The molecule has 2 amide bonds. The summed E-state index contributed by atoms with van der Waals surface area (Å²) in [6.45, 7) is 4.38. The number of halogens is 1. The molecular weight excluding hydrogens is 590 g/mol. The minimum Gasteiger partial charge on any atom is -0.462 e. The van der Waals surface area contributed by atoms with E-state index < -0.39 is 5.97 Å². The topological polar surface area (TPSA) is 122 Å². The molecule has 0 radical (unpaired) electrons. The second-order valence-corrected chi connectivity index (χ2v) is 11.8. The van der Waals surface area contributed by atoms with Crippen LogP contribution in [0.5, 0.6) is 0 Å². The number of aromatic nitrogens is 1. The third-order valence-corrected chi connectivity index (χ3v) is 8.78. The number of nitrogens with one attached hydrogen (secondary N) is 2. The average Bonchev–Trinajstić information content (AvgIpc) is 3.31. The lowest BCUT2D eigenvalue weighted by molar-refractivity contribution is -0.122. The van der Waals surface area contributed by atoms with Gasteiger partial charge in [-0.05, 0) is 73.5 Å². The Bertz CT molecular complexity index is 1670. The maximum absolute atomic E-state index is 12.9. The number of nitrogens with zero attached hydrogens (tertiary/aromatic N) is 3. The van der Waals surface area contributed by atoms with Crippen LogP contribution in [0.15, 0.2) is 52.5 Å². The summed E-state index contributed by atoms with van der Waals surface area (Å²) in [5.74, 6) is -0.673. The van der Waals surface area contributed by atoms with Gasteiger partial charge in [0.25, 0.3) is 5.91 Å². The number of ether oxygens (including phenoxy) is 2. The summed E-state index contributed by atoms with van der Waals surface area (Å²) in [6, 6.07) is 10.8. The van der Waals surface area contributed by atoms with Crippen LogP contribution >= 0.6 is 23.4 Å². The third kappa shape index (κ3) is 6.39. The van der Waals surface area contributed by atoms with Crippen molar-refractivity contribution in [2.45, 2.75) is 26.2 Å². The van der Waals surface area contributed by atoms with Crippen molar-refractivity contribution >= 4 is 80.4 Å². The van der Waals surface area contributed by atoms with Crippen molar-refractivity contribution in [2.24, 2.45) is 10.9 Å². The molecule has 1 aliphatic carbocycles. The predicted molar refractivity (Wildman–Crippen MR) is 169 cm³/mol. The van der Waals surface area contributed by atoms with Crippen molar-refractivity contribution in [3.8, 4) is 0 Å². The number of esters is 1. The van der Waals surface area contributed by atoms with Crippen LogP contribution in [0.3, 0.4) is 0 Å². The summed E-state index contributed by atoms with van der Waals surface area (Å²) in [7, 11) is 0. The van der Waals surface area contributed by atoms with Crippen LogP contribution < -0.4 is 15.5 Å². The minimum absolute atomic E-state index is 0.00215. The first-order valence-corrected chi connectivity index (χ1v) is 15.4. The lowest BCUT2D eigenvalue weighted by atomic mass is 9.85. The molecule has 0 unspecified atom stereocenters. The number of morpholine rings is 1. The molecule has 1 aromatic heterocycles. The lowest BCUT2D eigenvalue weighted by Gasteiger charge is -2.31. The maximum Gasteiger partial charge on any atom is 0.341 e. The van der Waals surface area contributed by atoms with E-state index >= 15 is 0 Å². The number of rotatable bonds is 7. The third-order valence-electron chi connectivity index (χ3n) is 7.55. The van der Waals surface area contributed by atoms with E-state index in [-0.39, 0.29) is 24.3 Å². The Kier molecular flexibility index (Phi) is 8.64. The number of amidine groups is 1. The number of fused-ring (bicyclic) bond motifs is 1. The number of amides is 2. The zero-order chi connectivity index (χ0) is 29.9. The highest BCUT2D eigenvalue weighted by Gasteiger charge is 2.27. The van der Waals surface area contributed by atoms with Crippen molar-refractivity contribution < 1.29 is 23.9 Å². The zero-order valence-corrected chi connectivity index (χ0v) is 25.1. The Balaban J connectivity index is 1.28. The van der Waals surface area contributed by atoms with Crippen LogP contribution in [-0.4, -0.2) is 60.8 Å². The zero-order valence-electron chi connectivity index (χ0n) is 23.5. The smallest absolute Gasteiger partial charge is 0.341 e. The van der Waals surface area contributed by atoms with Crippen molar-refractivity contribution in [1.82, 2.24) is 10.3 Å². The van der Waals surface area contributed by atoms with Crippen LogP contribution in [-0.2, 0) is 19.1 Å². The van der Waals surface area contributed by atoms with Gasteiger partial charge in [-0.1, -0.05) is 24.1 Å². The molecule has 2 aliphatic heterocycles. The van der Waals surface area contributed by atoms with E-state index in [2.05, 4.69) is 25.5 Å². The van der Waals surface area contributed by atoms with Gasteiger partial charge in [0.1, 0.15) is 5.56 Å². The molecule has 6 rings (SSSR count). The van der Waals surface area contributed by atoms with Gasteiger partial charge in [0.2, 0.25) is 5.91 Å². The first kappa shape index (κ1) is 29.2. The monoisotopic (exact) mass is 619 g/mol. The molecule has 3 heterocycles. The van der Waals surface area contributed by atoms with Gasteiger partial charge < -0.3 is 25.0 Å². The molecule has 3 fully saturated rings. The molecule has 12 heteroatoms. The molecule has 222 valence electrons. The van der Waals surface area contributed by atoms with Gasteiger partial charge >= 0.3 is 5.97 Å². The van der Waals surface area contributed by atoms with Gasteiger partial charge in [-0.2, -0.15) is 0 Å². The maximum atomic E-state index is 12.9. The van der Waals surface area contributed by atoms with Crippen LogP contribution in [0, 0.1) is 5.92 Å². The quantitative estimate of drug-likeness (QED) is 0.261. The van der Waals surface area contributed by atoms with Gasteiger partial charge in [0.15, 0.2) is 5.17 Å². The highest BCUT2D eigenvalue weighted by Crippen LogP contribution is 2.36. The second kappa shape index (κ2) is 12.7. The summed E-state index contributed by atoms with van der Waals surface area (Å²) in [4.78, 5) is 49.8. The summed E-state index contributed by atoms with van der Waals surface area (Å²) >= 11 is 7.59. The van der Waals surface area contributed by atoms with E-state index in [0.29, 0.717) is 58.3 Å². The van der Waals surface area contributed by atoms with Crippen LogP contribution in [0.25, 0.3) is 17.0 Å². The van der Waals surface area contributed by atoms with Gasteiger partial charge in [-0.15, -0.1) is 0 Å². The molecule has 1 saturated carbocycles. The molecule has 2 saturated heterocycles. The molecule has 3 aromatic rings. The second-order valence-electron chi connectivity index (χ2n) is 10.4. The fraction of sp³-hybridized carbons (Fsp3) is 0.323. The molecule has 2 N–H and O–H groups in total. The number of hydrogen-bond acceptors (Lipinski definition) is 9. The van der Waals surface area contributed by atoms with Gasteiger partial charge in [-0.25, -0.2) is 9.79 Å². The Labute approximate surface area is 257 Å². The molecule has 2 aromatic carbocycles. The SMILES string of the molecule is CCOC(=O)c1cnc2ccc(C=C3SC(=Nc4cc(NC(=O)C5CCC5)ccc4Cl)NC3=O)cc2c1N1CCOCC1. The number of anilines is 2. The first-order valence-electron chi connectivity index (χ1n) is 14.2. The molecule has 43 heavy (non-hydrogen) atoms. The summed E-state index contributed by atoms with van der Waals surface area (Å²) in [5, 5.41) is 7.29. The van der Waals surface area contributed by atoms with E-state index in [1.54, 1.807) is 37.4 Å². The fourth-order valence-corrected chi connectivity index (χ4v) is 6.10. The Morgan fingerprint density at radius 2 is 2.05 bits per heavy atom. The highest BCUT2D eigenvalue weighted by molar-refractivity contribution is 8.18. The number of pyridine rings is 1. The molecule has 0 bridgehead atoms. The largest absolute Gasteiger partial charge is 0.462 e. The predicted octanol–water partition coefficient (Wildman–Crippen LogP) is 5.53. The van der Waals surface area contributed by atoms with E-state index in [4.69, 9.17) is 21.1 Å². The molecular formula is C31H30ClN5O5S. The normalized spacial score (nSPS) is 19.0. The first-order chi connectivity index (χ1) is 20.9. The number of benzene rings is 2. The minimum atomic E-state index is -0.431. The van der Waals surface area contributed by atoms with Gasteiger partial charge in [-0.3, -0.25) is 14.6 Å². The Hall–Kier alpha value is -3.93. The average molecular weight is 620 g/mol. The number of aliphatic imine (C=N–C) groups is 1. The Morgan fingerprint density at radius 3 is 2.79 bits per heavy atom. The molecule has 0 atom stereocenters. The lowest BCUT2D eigenvalue weighted by Crippen LogP contribution is -2.37. The van der Waals surface area contributed by atoms with E-state index in [9.17, 15) is 14.4 Å². The standard InChI is InChI=1S/C31H30ClN5O5S/c1-2-42-30(40)22-17-33-24-9-6-18(14-21(24)27(22)37-10-12-41-13-11-37)15-26-29(39)36-31(43-26)35-25-16-20(7-8-23(25)32)34-28(38)19-4-3-5-19/h6-9,14-17,19H,2-5,10-13H2,1H3,(H,34,38)(H,35,36,39).